The molecule has 1 heterocycles. The molecule has 0 aliphatic heterocycles. The van der Waals surface area contributed by atoms with Crippen molar-refractivity contribution in [3.63, 3.8) is 0 Å². The Labute approximate surface area is 71.3 Å². The zero-order valence-electron chi connectivity index (χ0n) is 6.81. The highest BCUT2D eigenvalue weighted by Crippen LogP contribution is 2.19. The van der Waals surface area contributed by atoms with Gasteiger partial charge in [0.1, 0.15) is 0 Å². The van der Waals surface area contributed by atoms with Gasteiger partial charge in [-0.1, -0.05) is 6.07 Å². The van der Waals surface area contributed by atoms with E-state index in [-0.39, 0.29) is 0 Å². The highest BCUT2D eigenvalue weighted by atomic mass is 16.3. The fourth-order valence-electron chi connectivity index (χ4n) is 0.910. The first-order valence-corrected chi connectivity index (χ1v) is 3.73. The fourth-order valence-corrected chi connectivity index (χ4v) is 0.910. The van der Waals surface area contributed by atoms with E-state index in [9.17, 15) is 5.11 Å². The number of rotatable bonds is 2. The van der Waals surface area contributed by atoms with Gasteiger partial charge in [0.25, 0.3) is 0 Å². The first-order valence-electron chi connectivity index (χ1n) is 3.73. The molecule has 62 valence electrons. The molecular formula is C9H10N2O. The summed E-state index contributed by atoms with van der Waals surface area (Å²) in [5.74, 6) is -0.394. The van der Waals surface area contributed by atoms with Gasteiger partial charge in [0, 0.05) is 18.0 Å². The molecule has 0 aromatic carbocycles. The Morgan fingerprint density at radius 1 is 1.67 bits per heavy atom. The molecule has 0 aliphatic carbocycles. The monoisotopic (exact) mass is 162 g/mol. The van der Waals surface area contributed by atoms with E-state index in [0.717, 1.165) is 0 Å². The zero-order chi connectivity index (χ0) is 8.97. The summed E-state index contributed by atoms with van der Waals surface area (Å²) in [5.41, 5.74) is 0.687. The number of aliphatic hydroxyl groups is 1. The third-order valence-electron chi connectivity index (χ3n) is 1.70. The standard InChI is InChI=1S/C9H10N2O/c1-7(5-10)9(12)8-3-2-4-11-6-8/h2-4,6-7,9,12H,1H3. The topological polar surface area (TPSA) is 56.9 Å². The van der Waals surface area contributed by atoms with Crippen LogP contribution in [0.3, 0.4) is 0 Å². The van der Waals surface area contributed by atoms with Crippen molar-refractivity contribution < 1.29 is 5.11 Å². The maximum Gasteiger partial charge on any atom is 0.0960 e. The van der Waals surface area contributed by atoms with Crippen molar-refractivity contribution in [3.8, 4) is 6.07 Å². The largest absolute Gasteiger partial charge is 0.387 e. The van der Waals surface area contributed by atoms with Gasteiger partial charge < -0.3 is 5.11 Å². The van der Waals surface area contributed by atoms with Gasteiger partial charge in [-0.2, -0.15) is 5.26 Å². The fraction of sp³-hybridized carbons (Fsp3) is 0.333. The Balaban J connectivity index is 2.80. The Hall–Kier alpha value is -1.40. The van der Waals surface area contributed by atoms with Gasteiger partial charge in [-0.3, -0.25) is 4.98 Å². The molecule has 1 aromatic rings. The van der Waals surface area contributed by atoms with Gasteiger partial charge >= 0.3 is 0 Å². The predicted octanol–water partition coefficient (Wildman–Crippen LogP) is 1.27. The van der Waals surface area contributed by atoms with Crippen molar-refractivity contribution in [2.45, 2.75) is 13.0 Å². The molecule has 0 saturated carbocycles. The minimum absolute atomic E-state index is 0.394. The summed E-state index contributed by atoms with van der Waals surface area (Å²) in [5, 5.41) is 18.1. The first kappa shape index (κ1) is 8.69. The minimum atomic E-state index is -0.733. The summed E-state index contributed by atoms with van der Waals surface area (Å²) in [6, 6.07) is 5.48. The predicted molar refractivity (Wildman–Crippen MR) is 44.0 cm³/mol. The molecule has 1 aromatic heterocycles. The van der Waals surface area contributed by atoms with Gasteiger partial charge in [-0.25, -0.2) is 0 Å². The van der Waals surface area contributed by atoms with E-state index < -0.39 is 12.0 Å². The lowest BCUT2D eigenvalue weighted by Crippen LogP contribution is -2.06. The Morgan fingerprint density at radius 2 is 2.42 bits per heavy atom. The van der Waals surface area contributed by atoms with Crippen LogP contribution in [-0.2, 0) is 0 Å². The summed E-state index contributed by atoms with van der Waals surface area (Å²) in [6.07, 6.45) is 2.47. The first-order chi connectivity index (χ1) is 5.75. The maximum absolute atomic E-state index is 9.53. The van der Waals surface area contributed by atoms with Crippen LogP contribution >= 0.6 is 0 Å². The van der Waals surface area contributed by atoms with Gasteiger partial charge in [0.2, 0.25) is 0 Å². The second-order valence-corrected chi connectivity index (χ2v) is 2.65. The normalized spacial score (nSPS) is 14.8. The molecular weight excluding hydrogens is 152 g/mol. The van der Waals surface area contributed by atoms with Crippen molar-refractivity contribution in [3.05, 3.63) is 30.1 Å². The van der Waals surface area contributed by atoms with E-state index in [1.807, 2.05) is 6.07 Å². The van der Waals surface area contributed by atoms with Crippen LogP contribution in [0.5, 0.6) is 0 Å². The molecule has 3 nitrogen and oxygen atoms in total. The number of nitrogens with zero attached hydrogens (tertiary/aromatic N) is 2. The van der Waals surface area contributed by atoms with Gasteiger partial charge in [0.15, 0.2) is 0 Å². The quantitative estimate of drug-likeness (QED) is 0.712. The number of nitriles is 1. The van der Waals surface area contributed by atoms with Gasteiger partial charge in [-0.05, 0) is 13.0 Å². The van der Waals surface area contributed by atoms with Crippen molar-refractivity contribution in [1.82, 2.24) is 4.98 Å². The molecule has 0 aliphatic rings. The molecule has 1 N–H and O–H groups in total. The lowest BCUT2D eigenvalue weighted by atomic mass is 10.0. The highest BCUT2D eigenvalue weighted by Gasteiger charge is 2.14. The van der Waals surface area contributed by atoms with E-state index >= 15 is 0 Å². The summed E-state index contributed by atoms with van der Waals surface area (Å²) >= 11 is 0. The number of pyridine rings is 1. The third-order valence-corrected chi connectivity index (χ3v) is 1.70. The van der Waals surface area contributed by atoms with Crippen LogP contribution in [0, 0.1) is 17.2 Å². The summed E-state index contributed by atoms with van der Waals surface area (Å²) in [7, 11) is 0. The van der Waals surface area contributed by atoms with Crippen LogP contribution in [0.1, 0.15) is 18.6 Å². The smallest absolute Gasteiger partial charge is 0.0960 e. The van der Waals surface area contributed by atoms with Crippen LogP contribution in [0.2, 0.25) is 0 Å². The average Bonchev–Trinajstić information content (AvgIpc) is 2.17. The average molecular weight is 162 g/mol. The van der Waals surface area contributed by atoms with Gasteiger partial charge in [0.05, 0.1) is 18.1 Å². The molecule has 12 heavy (non-hydrogen) atoms. The molecule has 0 fully saturated rings. The Bertz CT molecular complexity index is 278. The molecule has 2 unspecified atom stereocenters. The van der Waals surface area contributed by atoms with Crippen molar-refractivity contribution in [1.29, 1.82) is 5.26 Å². The van der Waals surface area contributed by atoms with E-state index in [1.54, 1.807) is 31.5 Å². The molecule has 2 atom stereocenters. The van der Waals surface area contributed by atoms with Crippen molar-refractivity contribution >= 4 is 0 Å². The van der Waals surface area contributed by atoms with E-state index in [0.29, 0.717) is 5.56 Å². The second-order valence-electron chi connectivity index (χ2n) is 2.65. The lowest BCUT2D eigenvalue weighted by molar-refractivity contribution is 0.142. The van der Waals surface area contributed by atoms with Crippen molar-refractivity contribution in [2.24, 2.45) is 5.92 Å². The number of hydrogen-bond donors (Lipinski definition) is 1. The zero-order valence-corrected chi connectivity index (χ0v) is 6.81. The maximum atomic E-state index is 9.53. The van der Waals surface area contributed by atoms with Gasteiger partial charge in [-0.15, -0.1) is 0 Å². The van der Waals surface area contributed by atoms with Crippen molar-refractivity contribution in [2.75, 3.05) is 0 Å². The van der Waals surface area contributed by atoms with E-state index in [1.165, 1.54) is 0 Å². The minimum Gasteiger partial charge on any atom is -0.387 e. The molecule has 0 radical (unpaired) electrons. The molecule has 3 heteroatoms. The highest BCUT2D eigenvalue weighted by molar-refractivity contribution is 5.14. The van der Waals surface area contributed by atoms with Crippen LogP contribution in [0.4, 0.5) is 0 Å². The third kappa shape index (κ3) is 1.80. The van der Waals surface area contributed by atoms with Crippen LogP contribution in [-0.4, -0.2) is 10.1 Å². The van der Waals surface area contributed by atoms with E-state index in [4.69, 9.17) is 5.26 Å². The molecule has 1 rings (SSSR count). The Morgan fingerprint density at radius 3 is 2.92 bits per heavy atom. The molecule has 0 saturated heterocycles. The Kier molecular flexibility index (Phi) is 2.78. The summed E-state index contributed by atoms with van der Waals surface area (Å²) < 4.78 is 0. The number of aromatic nitrogens is 1. The summed E-state index contributed by atoms with van der Waals surface area (Å²) in [6.45, 7) is 1.68. The lowest BCUT2D eigenvalue weighted by Gasteiger charge is -2.11. The second kappa shape index (κ2) is 3.84. The number of aliphatic hydroxyl groups excluding tert-OH is 1. The SMILES string of the molecule is CC(C#N)C(O)c1cccnc1. The van der Waals surface area contributed by atoms with Crippen LogP contribution < -0.4 is 0 Å². The summed E-state index contributed by atoms with van der Waals surface area (Å²) in [4.78, 5) is 3.85. The molecule has 0 bridgehead atoms. The van der Waals surface area contributed by atoms with Crippen LogP contribution in [0.25, 0.3) is 0 Å². The molecule has 0 spiro atoms. The molecule has 0 amide bonds. The van der Waals surface area contributed by atoms with E-state index in [2.05, 4.69) is 4.98 Å². The number of hydrogen-bond acceptors (Lipinski definition) is 3. The van der Waals surface area contributed by atoms with Crippen LogP contribution in [0.15, 0.2) is 24.5 Å².